The molecule has 2 aromatic carbocycles. The predicted octanol–water partition coefficient (Wildman–Crippen LogP) is 5.57. The largest absolute Gasteiger partial charge is 0.333 e. The molecule has 0 bridgehead atoms. The average molecular weight is 409 g/mol. The van der Waals surface area contributed by atoms with Crippen molar-refractivity contribution < 1.29 is 0 Å². The monoisotopic (exact) mass is 408 g/mol. The Morgan fingerprint density at radius 1 is 0.806 bits per heavy atom. The summed E-state index contributed by atoms with van der Waals surface area (Å²) in [5, 5.41) is 0. The van der Waals surface area contributed by atoms with Crippen LogP contribution in [0.4, 0.5) is 0 Å². The second kappa shape index (κ2) is 10.0. The highest BCUT2D eigenvalue weighted by molar-refractivity contribution is 5.56. The number of benzene rings is 2. The first kappa shape index (κ1) is 21.5. The summed E-state index contributed by atoms with van der Waals surface area (Å²) < 4.78 is 3.92. The number of hydrogen-bond donors (Lipinski definition) is 0. The predicted molar refractivity (Wildman–Crippen MR) is 123 cm³/mol. The first-order valence-corrected chi connectivity index (χ1v) is 9.89. The minimum atomic E-state index is -0.177. The van der Waals surface area contributed by atoms with E-state index in [1.165, 1.54) is 0 Å². The van der Waals surface area contributed by atoms with Gasteiger partial charge in [-0.1, -0.05) is 60.7 Å². The molecule has 0 aliphatic carbocycles. The van der Waals surface area contributed by atoms with Crippen molar-refractivity contribution >= 4 is 0 Å². The lowest BCUT2D eigenvalue weighted by atomic mass is 10.2. The third kappa shape index (κ3) is 5.26. The lowest BCUT2D eigenvalue weighted by molar-refractivity contribution is 0.900. The van der Waals surface area contributed by atoms with Crippen LogP contribution in [0.15, 0.2) is 73.1 Å². The number of aromatic nitrogens is 4. The van der Waals surface area contributed by atoms with Gasteiger partial charge in [0.05, 0.1) is 0 Å². The average Bonchev–Trinajstić information content (AvgIpc) is 3.37. The molecule has 0 saturated carbocycles. The minimum absolute atomic E-state index is 0.177. The lowest BCUT2D eigenvalue weighted by Gasteiger charge is -1.99. The standard InChI is InChI=1S/C13H13N3.C12H11N3/c1-10(14-2)12-9-16(3)13(15-12)11-7-5-4-6-8-11;1-13-8-11-9-15(2)12(14-11)10-6-4-3-5-7-10/h4-10H,1,3H3;3-7,9H,8H2,2H3. The van der Waals surface area contributed by atoms with Crippen LogP contribution in [0.2, 0.25) is 0 Å². The van der Waals surface area contributed by atoms with Crippen LogP contribution in [-0.4, -0.2) is 19.1 Å². The lowest BCUT2D eigenvalue weighted by Crippen LogP contribution is -1.90. The van der Waals surface area contributed by atoms with E-state index >= 15 is 0 Å². The molecular weight excluding hydrogens is 384 g/mol. The summed E-state index contributed by atoms with van der Waals surface area (Å²) in [6.45, 7) is 16.0. The molecule has 0 aliphatic heterocycles. The molecule has 6 heteroatoms. The second-order valence-electron chi connectivity index (χ2n) is 7.12. The number of rotatable bonds is 4. The van der Waals surface area contributed by atoms with Crippen molar-refractivity contribution in [2.24, 2.45) is 14.1 Å². The highest BCUT2D eigenvalue weighted by atomic mass is 15.1. The van der Waals surface area contributed by atoms with E-state index in [0.29, 0.717) is 6.54 Å². The molecule has 0 aliphatic rings. The Morgan fingerprint density at radius 3 is 1.84 bits per heavy atom. The van der Waals surface area contributed by atoms with Crippen LogP contribution in [-0.2, 0) is 20.6 Å². The normalized spacial score (nSPS) is 11.0. The van der Waals surface area contributed by atoms with E-state index in [0.717, 1.165) is 34.2 Å². The number of nitrogens with zero attached hydrogens (tertiary/aromatic N) is 6. The maximum atomic E-state index is 7.01. The van der Waals surface area contributed by atoms with E-state index in [9.17, 15) is 0 Å². The smallest absolute Gasteiger partial charge is 0.264 e. The Bertz CT molecular complexity index is 1210. The number of aryl methyl sites for hydroxylation is 2. The van der Waals surface area contributed by atoms with Gasteiger partial charge in [-0.25, -0.2) is 23.1 Å². The van der Waals surface area contributed by atoms with Gasteiger partial charge >= 0.3 is 0 Å². The van der Waals surface area contributed by atoms with Gasteiger partial charge in [-0.3, -0.25) is 0 Å². The second-order valence-corrected chi connectivity index (χ2v) is 7.12. The molecule has 4 rings (SSSR count). The van der Waals surface area contributed by atoms with Crippen LogP contribution >= 0.6 is 0 Å². The summed E-state index contributed by atoms with van der Waals surface area (Å²) in [6.07, 6.45) is 3.82. The molecule has 1 unspecified atom stereocenters. The Hall–Kier alpha value is -4.16. The maximum absolute atomic E-state index is 7.01. The molecule has 2 heterocycles. The van der Waals surface area contributed by atoms with E-state index < -0.39 is 0 Å². The van der Waals surface area contributed by atoms with E-state index in [4.69, 9.17) is 13.1 Å². The molecule has 0 radical (unpaired) electrons. The minimum Gasteiger partial charge on any atom is -0.333 e. The molecule has 2 aromatic heterocycles. The Balaban J connectivity index is 0.000000176. The van der Waals surface area contributed by atoms with E-state index in [-0.39, 0.29) is 6.04 Å². The van der Waals surface area contributed by atoms with Gasteiger partial charge in [0.15, 0.2) is 0 Å². The molecule has 0 saturated heterocycles. The van der Waals surface area contributed by atoms with Gasteiger partial charge in [0.1, 0.15) is 23.0 Å². The third-order valence-electron chi connectivity index (χ3n) is 4.75. The van der Waals surface area contributed by atoms with Crippen molar-refractivity contribution in [1.29, 1.82) is 0 Å². The zero-order chi connectivity index (χ0) is 22.2. The van der Waals surface area contributed by atoms with Crippen LogP contribution in [0, 0.1) is 13.1 Å². The Morgan fingerprint density at radius 2 is 1.32 bits per heavy atom. The van der Waals surface area contributed by atoms with Gasteiger partial charge in [0.2, 0.25) is 0 Å². The number of imidazole rings is 2. The maximum Gasteiger partial charge on any atom is 0.264 e. The van der Waals surface area contributed by atoms with Crippen molar-refractivity contribution in [2.75, 3.05) is 0 Å². The van der Waals surface area contributed by atoms with E-state index in [1.807, 2.05) is 103 Å². The van der Waals surface area contributed by atoms with Gasteiger partial charge in [-0.2, -0.15) is 0 Å². The van der Waals surface area contributed by atoms with Crippen LogP contribution in [0.5, 0.6) is 0 Å². The summed E-state index contributed by atoms with van der Waals surface area (Å²) in [4.78, 5) is 15.7. The van der Waals surface area contributed by atoms with Crippen LogP contribution < -0.4 is 0 Å². The summed E-state index contributed by atoms with van der Waals surface area (Å²) >= 11 is 0. The fraction of sp³-hybridized carbons (Fsp3) is 0.200. The Labute approximate surface area is 183 Å². The molecule has 4 aromatic rings. The van der Waals surface area contributed by atoms with Crippen molar-refractivity contribution in [3.05, 3.63) is 107 Å². The fourth-order valence-electron chi connectivity index (χ4n) is 3.15. The summed E-state index contributed by atoms with van der Waals surface area (Å²) in [7, 11) is 3.90. The topological polar surface area (TPSA) is 44.4 Å². The van der Waals surface area contributed by atoms with Gasteiger partial charge in [-0.15, -0.1) is 0 Å². The van der Waals surface area contributed by atoms with Gasteiger partial charge in [-0.05, 0) is 0 Å². The molecule has 154 valence electrons. The fourth-order valence-corrected chi connectivity index (χ4v) is 3.15. The van der Waals surface area contributed by atoms with Crippen LogP contribution in [0.1, 0.15) is 24.4 Å². The number of hydrogen-bond acceptors (Lipinski definition) is 2. The van der Waals surface area contributed by atoms with E-state index in [1.54, 1.807) is 0 Å². The summed E-state index contributed by atoms with van der Waals surface area (Å²) in [5.74, 6) is 1.82. The highest BCUT2D eigenvalue weighted by Gasteiger charge is 2.15. The van der Waals surface area contributed by atoms with Crippen molar-refractivity contribution in [3.63, 3.8) is 0 Å². The SMILES string of the molecule is [C-]#[N+]C(C)c1cn(C)c(-c2ccccc2)n1.[C-]#[N+]Cc1cn(C)c(-c2ccccc2)n1. The molecule has 0 spiro atoms. The third-order valence-corrected chi connectivity index (χ3v) is 4.75. The molecule has 31 heavy (non-hydrogen) atoms. The highest BCUT2D eigenvalue weighted by Crippen LogP contribution is 2.22. The van der Waals surface area contributed by atoms with Gasteiger partial charge in [0.25, 0.3) is 12.6 Å². The van der Waals surface area contributed by atoms with Crippen molar-refractivity contribution in [1.82, 2.24) is 19.1 Å². The van der Waals surface area contributed by atoms with Crippen molar-refractivity contribution in [3.8, 4) is 22.8 Å². The Kier molecular flexibility index (Phi) is 6.98. The molecule has 1 atom stereocenters. The first-order valence-electron chi connectivity index (χ1n) is 9.89. The molecular formula is C25H24N6. The van der Waals surface area contributed by atoms with Crippen molar-refractivity contribution in [2.45, 2.75) is 19.5 Å². The molecule has 0 amide bonds. The molecule has 0 fully saturated rings. The van der Waals surface area contributed by atoms with Gasteiger partial charge in [0, 0.05) is 44.5 Å². The zero-order valence-electron chi connectivity index (χ0n) is 17.9. The molecule has 6 nitrogen and oxygen atoms in total. The molecule has 0 N–H and O–H groups in total. The quantitative estimate of drug-likeness (QED) is 0.414. The first-order chi connectivity index (χ1) is 15.0. The van der Waals surface area contributed by atoms with E-state index in [2.05, 4.69) is 19.7 Å². The summed E-state index contributed by atoms with van der Waals surface area (Å²) in [6, 6.07) is 19.8. The van der Waals surface area contributed by atoms with Gasteiger partial charge < -0.3 is 18.8 Å². The summed E-state index contributed by atoms with van der Waals surface area (Å²) in [5.41, 5.74) is 3.81. The van der Waals surface area contributed by atoms with Crippen LogP contribution in [0.3, 0.4) is 0 Å². The zero-order valence-corrected chi connectivity index (χ0v) is 17.9. The van der Waals surface area contributed by atoms with Crippen LogP contribution in [0.25, 0.3) is 32.5 Å².